The number of benzene rings is 3. The Morgan fingerprint density at radius 2 is 1.72 bits per heavy atom. The van der Waals surface area contributed by atoms with Crippen LogP contribution in [0.1, 0.15) is 16.7 Å². The number of amides is 1. The third kappa shape index (κ3) is 6.71. The highest BCUT2D eigenvalue weighted by molar-refractivity contribution is 9.10. The number of carbonyl (C=O) groups excluding carboxylic acids is 1. The van der Waals surface area contributed by atoms with Crippen molar-refractivity contribution < 1.29 is 14.3 Å². The fourth-order valence-electron chi connectivity index (χ4n) is 2.80. The van der Waals surface area contributed by atoms with E-state index in [9.17, 15) is 10.1 Å². The van der Waals surface area contributed by atoms with Crippen LogP contribution in [0.4, 0.5) is 0 Å². The van der Waals surface area contributed by atoms with Gasteiger partial charge in [0, 0.05) is 11.0 Å². The maximum Gasteiger partial charge on any atom is 0.262 e. The quantitative estimate of drug-likeness (QED) is 0.272. The molecule has 7 heteroatoms. The molecule has 0 heterocycles. The molecule has 32 heavy (non-hydrogen) atoms. The summed E-state index contributed by atoms with van der Waals surface area (Å²) in [7, 11) is 1.60. The number of rotatable bonds is 8. The van der Waals surface area contributed by atoms with Crippen LogP contribution in [-0.2, 0) is 17.9 Å². The van der Waals surface area contributed by atoms with Gasteiger partial charge in [-0.15, -0.1) is 0 Å². The first-order chi connectivity index (χ1) is 15.5. The van der Waals surface area contributed by atoms with Crippen molar-refractivity contribution in [1.82, 2.24) is 5.32 Å². The SMILES string of the molecule is COc1ccc(CNC(=O)/C(C#N)=C\c2ccc(OCc3ccc(Br)cc3)c(Br)c2)cc1. The molecule has 0 aliphatic heterocycles. The van der Waals surface area contributed by atoms with Crippen molar-refractivity contribution in [2.75, 3.05) is 7.11 Å². The first-order valence-electron chi connectivity index (χ1n) is 9.68. The molecule has 5 nitrogen and oxygen atoms in total. The Labute approximate surface area is 203 Å². The van der Waals surface area contributed by atoms with Crippen molar-refractivity contribution in [2.24, 2.45) is 0 Å². The lowest BCUT2D eigenvalue weighted by Crippen LogP contribution is -2.23. The lowest BCUT2D eigenvalue weighted by atomic mass is 10.1. The summed E-state index contributed by atoms with van der Waals surface area (Å²) >= 11 is 6.91. The van der Waals surface area contributed by atoms with Gasteiger partial charge in [0.2, 0.25) is 0 Å². The smallest absolute Gasteiger partial charge is 0.262 e. The normalized spacial score (nSPS) is 10.9. The van der Waals surface area contributed by atoms with Gasteiger partial charge in [-0.25, -0.2) is 0 Å². The Kier molecular flexibility index (Phi) is 8.48. The van der Waals surface area contributed by atoms with Gasteiger partial charge in [0.25, 0.3) is 5.91 Å². The summed E-state index contributed by atoms with van der Waals surface area (Å²) in [5.41, 5.74) is 2.69. The van der Waals surface area contributed by atoms with Crippen LogP contribution in [0.5, 0.6) is 11.5 Å². The molecule has 0 aliphatic carbocycles. The summed E-state index contributed by atoms with van der Waals surface area (Å²) in [5, 5.41) is 12.2. The summed E-state index contributed by atoms with van der Waals surface area (Å²) in [6.07, 6.45) is 1.55. The van der Waals surface area contributed by atoms with Crippen molar-refractivity contribution in [3.8, 4) is 17.6 Å². The largest absolute Gasteiger partial charge is 0.497 e. The summed E-state index contributed by atoms with van der Waals surface area (Å²) in [6, 6.07) is 22.6. The van der Waals surface area contributed by atoms with Gasteiger partial charge in [-0.05, 0) is 75.1 Å². The average Bonchev–Trinajstić information content (AvgIpc) is 2.81. The summed E-state index contributed by atoms with van der Waals surface area (Å²) in [5.74, 6) is 0.982. The van der Waals surface area contributed by atoms with Gasteiger partial charge in [-0.3, -0.25) is 4.79 Å². The first kappa shape index (κ1) is 23.6. The summed E-state index contributed by atoms with van der Waals surface area (Å²) in [4.78, 5) is 12.4. The van der Waals surface area contributed by atoms with E-state index in [2.05, 4.69) is 37.2 Å². The zero-order valence-electron chi connectivity index (χ0n) is 17.3. The van der Waals surface area contributed by atoms with Crippen LogP contribution in [0, 0.1) is 11.3 Å². The van der Waals surface area contributed by atoms with Gasteiger partial charge in [-0.1, -0.05) is 46.3 Å². The molecular weight excluding hydrogens is 536 g/mol. The van der Waals surface area contributed by atoms with Crippen molar-refractivity contribution in [3.05, 3.63) is 97.9 Å². The van der Waals surface area contributed by atoms with Gasteiger partial charge in [0.05, 0.1) is 11.6 Å². The van der Waals surface area contributed by atoms with Crippen LogP contribution in [-0.4, -0.2) is 13.0 Å². The topological polar surface area (TPSA) is 71.3 Å². The predicted molar refractivity (Wildman–Crippen MR) is 131 cm³/mol. The number of hydrogen-bond donors (Lipinski definition) is 1. The van der Waals surface area contributed by atoms with E-state index in [1.165, 1.54) is 0 Å². The molecule has 3 rings (SSSR count). The molecule has 0 saturated heterocycles. The fourth-order valence-corrected chi connectivity index (χ4v) is 3.58. The summed E-state index contributed by atoms with van der Waals surface area (Å²) < 4.78 is 12.7. The Balaban J connectivity index is 1.62. The molecule has 0 unspecified atom stereocenters. The lowest BCUT2D eigenvalue weighted by Gasteiger charge is -2.09. The van der Waals surface area contributed by atoms with E-state index in [4.69, 9.17) is 9.47 Å². The van der Waals surface area contributed by atoms with E-state index in [0.29, 0.717) is 24.5 Å². The maximum absolute atomic E-state index is 12.4. The molecular formula is C25H20Br2N2O3. The van der Waals surface area contributed by atoms with Gasteiger partial charge < -0.3 is 14.8 Å². The molecule has 0 aromatic heterocycles. The molecule has 3 aromatic rings. The average molecular weight is 556 g/mol. The fraction of sp³-hybridized carbons (Fsp3) is 0.120. The highest BCUT2D eigenvalue weighted by Gasteiger charge is 2.10. The Hall–Kier alpha value is -3.08. The third-order valence-electron chi connectivity index (χ3n) is 4.55. The number of ether oxygens (including phenoxy) is 2. The standard InChI is InChI=1S/C25H20Br2N2O3/c1-31-22-9-4-17(5-10-22)15-29-25(30)20(14-28)12-19-6-11-24(23(27)13-19)32-16-18-2-7-21(26)8-3-18/h2-13H,15-16H2,1H3,(H,29,30)/b20-12-. The third-order valence-corrected chi connectivity index (χ3v) is 5.70. The zero-order valence-corrected chi connectivity index (χ0v) is 20.4. The zero-order chi connectivity index (χ0) is 22.9. The molecule has 1 amide bonds. The van der Waals surface area contributed by atoms with Crippen molar-refractivity contribution in [1.29, 1.82) is 5.26 Å². The number of nitrogens with one attached hydrogen (secondary N) is 1. The molecule has 0 radical (unpaired) electrons. The second-order valence-electron chi connectivity index (χ2n) is 6.81. The molecule has 0 atom stereocenters. The van der Waals surface area contributed by atoms with Gasteiger partial charge in [0.1, 0.15) is 29.7 Å². The van der Waals surface area contributed by atoms with Crippen LogP contribution in [0.25, 0.3) is 6.08 Å². The Morgan fingerprint density at radius 1 is 1.03 bits per heavy atom. The van der Waals surface area contributed by atoms with Crippen LogP contribution < -0.4 is 14.8 Å². The van der Waals surface area contributed by atoms with Gasteiger partial charge >= 0.3 is 0 Å². The monoisotopic (exact) mass is 554 g/mol. The molecule has 3 aromatic carbocycles. The van der Waals surface area contributed by atoms with Crippen LogP contribution in [0.2, 0.25) is 0 Å². The number of nitriles is 1. The number of halogens is 2. The number of methoxy groups -OCH3 is 1. The molecule has 1 N–H and O–H groups in total. The van der Waals surface area contributed by atoms with E-state index >= 15 is 0 Å². The van der Waals surface area contributed by atoms with Crippen molar-refractivity contribution in [2.45, 2.75) is 13.2 Å². The minimum Gasteiger partial charge on any atom is -0.497 e. The molecule has 0 saturated carbocycles. The highest BCUT2D eigenvalue weighted by atomic mass is 79.9. The lowest BCUT2D eigenvalue weighted by molar-refractivity contribution is -0.117. The van der Waals surface area contributed by atoms with Crippen molar-refractivity contribution in [3.63, 3.8) is 0 Å². The highest BCUT2D eigenvalue weighted by Crippen LogP contribution is 2.28. The van der Waals surface area contributed by atoms with Crippen LogP contribution >= 0.6 is 31.9 Å². The van der Waals surface area contributed by atoms with Gasteiger partial charge in [-0.2, -0.15) is 5.26 Å². The molecule has 0 fully saturated rings. The van der Waals surface area contributed by atoms with E-state index < -0.39 is 5.91 Å². The van der Waals surface area contributed by atoms with E-state index in [1.54, 1.807) is 25.3 Å². The van der Waals surface area contributed by atoms with Crippen LogP contribution in [0.15, 0.2) is 81.2 Å². The number of carbonyl (C=O) groups is 1. The predicted octanol–water partition coefficient (Wildman–Crippen LogP) is 6.02. The van der Waals surface area contributed by atoms with Crippen LogP contribution in [0.3, 0.4) is 0 Å². The Morgan fingerprint density at radius 3 is 2.34 bits per heavy atom. The first-order valence-corrected chi connectivity index (χ1v) is 11.3. The minimum atomic E-state index is -0.435. The molecule has 0 bridgehead atoms. The number of nitrogens with zero attached hydrogens (tertiary/aromatic N) is 1. The second-order valence-corrected chi connectivity index (χ2v) is 8.58. The minimum absolute atomic E-state index is 0.0222. The summed E-state index contributed by atoms with van der Waals surface area (Å²) in [6.45, 7) is 0.743. The van der Waals surface area contributed by atoms with Crippen molar-refractivity contribution >= 4 is 43.8 Å². The van der Waals surface area contributed by atoms with E-state index in [-0.39, 0.29) is 5.57 Å². The van der Waals surface area contributed by atoms with E-state index in [1.807, 2.05) is 60.7 Å². The van der Waals surface area contributed by atoms with Gasteiger partial charge in [0.15, 0.2) is 0 Å². The Bertz CT molecular complexity index is 1150. The van der Waals surface area contributed by atoms with E-state index in [0.717, 1.165) is 25.8 Å². The molecule has 0 aliphatic rings. The molecule has 162 valence electrons. The number of hydrogen-bond acceptors (Lipinski definition) is 4. The molecule has 0 spiro atoms. The maximum atomic E-state index is 12.4. The second kappa shape index (κ2) is 11.5.